The van der Waals surface area contributed by atoms with Crippen LogP contribution in [0, 0.1) is 0 Å². The summed E-state index contributed by atoms with van der Waals surface area (Å²) in [6.07, 6.45) is 0. The minimum atomic E-state index is -3.56. The van der Waals surface area contributed by atoms with Crippen LogP contribution >= 0.6 is 0 Å². The number of nitrogens with one attached hydrogen (secondary N) is 1. The minimum absolute atomic E-state index is 0.0291. The van der Waals surface area contributed by atoms with Crippen LogP contribution in [0.15, 0.2) is 77.7 Å². The van der Waals surface area contributed by atoms with Gasteiger partial charge in [0.05, 0.1) is 23.6 Å². The molecule has 3 aromatic carbocycles. The number of anilines is 1. The lowest BCUT2D eigenvalue weighted by Gasteiger charge is -2.37. The summed E-state index contributed by atoms with van der Waals surface area (Å²) >= 11 is 0. The monoisotopic (exact) mass is 573 g/mol. The Bertz CT molecular complexity index is 1610. The molecule has 1 aliphatic rings. The lowest BCUT2D eigenvalue weighted by atomic mass is 9.87. The molecule has 0 aliphatic carbocycles. The van der Waals surface area contributed by atoms with Crippen molar-refractivity contribution in [1.82, 2.24) is 19.2 Å². The van der Waals surface area contributed by atoms with Gasteiger partial charge in [-0.2, -0.15) is 4.31 Å². The zero-order chi connectivity index (χ0) is 29.2. The van der Waals surface area contributed by atoms with Crippen LogP contribution < -0.4 is 10.1 Å². The predicted molar refractivity (Wildman–Crippen MR) is 164 cm³/mol. The number of hydrogen-bond acceptors (Lipinski definition) is 7. The molecule has 0 radical (unpaired) electrons. The van der Waals surface area contributed by atoms with Gasteiger partial charge in [0.1, 0.15) is 17.4 Å². The van der Waals surface area contributed by atoms with E-state index in [1.165, 1.54) is 0 Å². The molecule has 0 saturated carbocycles. The van der Waals surface area contributed by atoms with Crippen LogP contribution in [-0.2, 0) is 22.0 Å². The van der Waals surface area contributed by atoms with Crippen LogP contribution in [-0.4, -0.2) is 60.9 Å². The Hall–Kier alpha value is -3.53. The minimum Gasteiger partial charge on any atom is -0.496 e. The number of sulfonamides is 1. The summed E-state index contributed by atoms with van der Waals surface area (Å²) in [6, 6.07) is 23.1. The third-order valence-electron chi connectivity index (χ3n) is 7.81. The summed E-state index contributed by atoms with van der Waals surface area (Å²) in [7, 11) is -1.88. The van der Waals surface area contributed by atoms with E-state index in [0.717, 1.165) is 33.6 Å². The number of methoxy groups -OCH3 is 1. The number of rotatable bonds is 8. The maximum Gasteiger partial charge on any atom is 0.243 e. The molecular formula is C32H39N5O3S. The summed E-state index contributed by atoms with van der Waals surface area (Å²) in [5.74, 6) is 2.30. The van der Waals surface area contributed by atoms with Gasteiger partial charge in [0.2, 0.25) is 10.0 Å². The molecule has 0 spiro atoms. The van der Waals surface area contributed by atoms with Crippen molar-refractivity contribution in [2.45, 2.75) is 50.6 Å². The van der Waals surface area contributed by atoms with E-state index in [2.05, 4.69) is 37.9 Å². The first-order chi connectivity index (χ1) is 19.6. The molecule has 4 aromatic rings. The fourth-order valence-electron chi connectivity index (χ4n) is 5.21. The van der Waals surface area contributed by atoms with E-state index < -0.39 is 10.0 Å². The van der Waals surface area contributed by atoms with E-state index >= 15 is 0 Å². The van der Waals surface area contributed by atoms with E-state index in [-0.39, 0.29) is 11.5 Å². The van der Waals surface area contributed by atoms with Crippen molar-refractivity contribution in [3.05, 3.63) is 89.7 Å². The van der Waals surface area contributed by atoms with E-state index in [4.69, 9.17) is 14.7 Å². The third kappa shape index (κ3) is 6.22. The van der Waals surface area contributed by atoms with Gasteiger partial charge in [0.15, 0.2) is 0 Å². The number of fused-ring (bicyclic) bond motifs is 1. The van der Waals surface area contributed by atoms with Gasteiger partial charge in [0.25, 0.3) is 0 Å². The highest BCUT2D eigenvalue weighted by atomic mass is 32.2. The lowest BCUT2D eigenvalue weighted by Crippen LogP contribution is -2.49. The molecule has 0 amide bonds. The van der Waals surface area contributed by atoms with Gasteiger partial charge in [-0.1, -0.05) is 63.2 Å². The maximum absolute atomic E-state index is 13.4. The zero-order valence-electron chi connectivity index (χ0n) is 24.5. The van der Waals surface area contributed by atoms with Crippen molar-refractivity contribution in [3.63, 3.8) is 0 Å². The summed E-state index contributed by atoms with van der Waals surface area (Å²) < 4.78 is 33.9. The second kappa shape index (κ2) is 11.8. The fourth-order valence-corrected chi connectivity index (χ4v) is 6.64. The van der Waals surface area contributed by atoms with E-state index in [1.807, 2.05) is 60.7 Å². The molecule has 2 heterocycles. The van der Waals surface area contributed by atoms with Gasteiger partial charge in [-0.25, -0.2) is 18.4 Å². The quantitative estimate of drug-likeness (QED) is 0.293. The van der Waals surface area contributed by atoms with Gasteiger partial charge < -0.3 is 10.1 Å². The Labute approximate surface area is 243 Å². The van der Waals surface area contributed by atoms with Crippen LogP contribution in [0.3, 0.4) is 0 Å². The molecule has 1 N–H and O–H groups in total. The lowest BCUT2D eigenvalue weighted by molar-refractivity contribution is 0.141. The van der Waals surface area contributed by atoms with Gasteiger partial charge in [-0.15, -0.1) is 0 Å². The molecule has 1 saturated heterocycles. The van der Waals surface area contributed by atoms with Crippen LogP contribution in [0.1, 0.15) is 50.7 Å². The topological polar surface area (TPSA) is 87.7 Å². The smallest absolute Gasteiger partial charge is 0.243 e. The van der Waals surface area contributed by atoms with Crippen LogP contribution in [0.4, 0.5) is 5.82 Å². The van der Waals surface area contributed by atoms with E-state index in [1.54, 1.807) is 23.5 Å². The first-order valence-electron chi connectivity index (χ1n) is 14.0. The molecule has 9 heteroatoms. The standard InChI is InChI=1S/C32H39N5O3S/c1-23(36-18-20-37(21-19-36)41(38,39)26-16-14-25(15-17-26)32(2,3)4)30-34-28-12-8-7-11-27(28)31(35-30)33-22-24-10-6-9-13-29(24)40-5/h6-17,23H,18-22H2,1-5H3,(H,33,34,35)/t23-/m1/s1. The van der Waals surface area contributed by atoms with Gasteiger partial charge in [-0.05, 0) is 48.2 Å². The highest BCUT2D eigenvalue weighted by Gasteiger charge is 2.31. The van der Waals surface area contributed by atoms with Crippen molar-refractivity contribution >= 4 is 26.7 Å². The van der Waals surface area contributed by atoms with Gasteiger partial charge >= 0.3 is 0 Å². The van der Waals surface area contributed by atoms with E-state index in [0.29, 0.717) is 43.4 Å². The number of aromatic nitrogens is 2. The number of piperazine rings is 1. The predicted octanol–water partition coefficient (Wildman–Crippen LogP) is 5.62. The van der Waals surface area contributed by atoms with Crippen LogP contribution in [0.2, 0.25) is 0 Å². The second-order valence-corrected chi connectivity index (χ2v) is 13.4. The Morgan fingerprint density at radius 3 is 2.24 bits per heavy atom. The Balaban J connectivity index is 1.31. The van der Waals surface area contributed by atoms with Crippen LogP contribution in [0.5, 0.6) is 5.75 Å². The first kappa shape index (κ1) is 29.0. The first-order valence-corrected chi connectivity index (χ1v) is 15.5. The number of para-hydroxylation sites is 2. The number of hydrogen-bond donors (Lipinski definition) is 1. The average molecular weight is 574 g/mol. The molecule has 41 heavy (non-hydrogen) atoms. The summed E-state index contributed by atoms with van der Waals surface area (Å²) in [4.78, 5) is 12.4. The highest BCUT2D eigenvalue weighted by molar-refractivity contribution is 7.89. The zero-order valence-corrected chi connectivity index (χ0v) is 25.3. The van der Waals surface area contributed by atoms with Gasteiger partial charge in [0, 0.05) is 43.7 Å². The Kier molecular flexibility index (Phi) is 8.31. The molecule has 0 bridgehead atoms. The average Bonchev–Trinajstić information content (AvgIpc) is 2.99. The number of nitrogens with zero attached hydrogens (tertiary/aromatic N) is 4. The Morgan fingerprint density at radius 2 is 1.56 bits per heavy atom. The van der Waals surface area contributed by atoms with Crippen molar-refractivity contribution in [2.24, 2.45) is 0 Å². The van der Waals surface area contributed by atoms with Crippen LogP contribution in [0.25, 0.3) is 10.9 Å². The van der Waals surface area contributed by atoms with Crippen molar-refractivity contribution < 1.29 is 13.2 Å². The summed E-state index contributed by atoms with van der Waals surface area (Å²) in [5.41, 5.74) is 2.99. The molecular weight excluding hydrogens is 534 g/mol. The van der Waals surface area contributed by atoms with Crippen molar-refractivity contribution in [3.8, 4) is 5.75 Å². The molecule has 216 valence electrons. The second-order valence-electron chi connectivity index (χ2n) is 11.5. The third-order valence-corrected chi connectivity index (χ3v) is 9.72. The highest BCUT2D eigenvalue weighted by Crippen LogP contribution is 2.29. The largest absolute Gasteiger partial charge is 0.496 e. The molecule has 1 fully saturated rings. The molecule has 5 rings (SSSR count). The van der Waals surface area contributed by atoms with Crippen molar-refractivity contribution in [2.75, 3.05) is 38.6 Å². The number of benzene rings is 3. The SMILES string of the molecule is COc1ccccc1CNc1nc([C@@H](C)N2CCN(S(=O)(=O)c3ccc(C(C)(C)C)cc3)CC2)nc2ccccc12. The summed E-state index contributed by atoms with van der Waals surface area (Å²) in [6.45, 7) is 11.0. The normalized spacial score (nSPS) is 16.0. The fraction of sp³-hybridized carbons (Fsp3) is 0.375. The Morgan fingerprint density at radius 1 is 0.902 bits per heavy atom. The van der Waals surface area contributed by atoms with Gasteiger partial charge in [-0.3, -0.25) is 4.90 Å². The number of ether oxygens (including phenoxy) is 1. The molecule has 0 unspecified atom stereocenters. The maximum atomic E-state index is 13.4. The van der Waals surface area contributed by atoms with Crippen molar-refractivity contribution in [1.29, 1.82) is 0 Å². The van der Waals surface area contributed by atoms with E-state index in [9.17, 15) is 8.42 Å². The molecule has 8 nitrogen and oxygen atoms in total. The molecule has 1 aliphatic heterocycles. The molecule has 1 atom stereocenters. The summed E-state index contributed by atoms with van der Waals surface area (Å²) in [5, 5.41) is 4.45. The molecule has 1 aromatic heterocycles.